The molecule has 172 valence electrons. The summed E-state index contributed by atoms with van der Waals surface area (Å²) in [5.74, 6) is 0.500. The summed E-state index contributed by atoms with van der Waals surface area (Å²) in [7, 11) is 0. The molecule has 6 heteroatoms. The van der Waals surface area contributed by atoms with Crippen LogP contribution in [0.5, 0.6) is 0 Å². The molecule has 0 unspecified atom stereocenters. The van der Waals surface area contributed by atoms with Crippen LogP contribution in [0.4, 0.5) is 0 Å². The second-order valence-corrected chi connectivity index (χ2v) is 8.84. The van der Waals surface area contributed by atoms with Crippen LogP contribution >= 0.6 is 0 Å². The first-order valence-electron chi connectivity index (χ1n) is 11.6. The highest BCUT2D eigenvalue weighted by molar-refractivity contribution is 5.75. The van der Waals surface area contributed by atoms with E-state index < -0.39 is 0 Å². The summed E-state index contributed by atoms with van der Waals surface area (Å²) in [4.78, 5) is 33.2. The summed E-state index contributed by atoms with van der Waals surface area (Å²) in [5, 5.41) is 2.96. The molecule has 0 bridgehead atoms. The van der Waals surface area contributed by atoms with Gasteiger partial charge >= 0.3 is 0 Å². The van der Waals surface area contributed by atoms with Crippen LogP contribution < -0.4 is 10.9 Å². The third-order valence-electron chi connectivity index (χ3n) is 6.40. The molecule has 0 fully saturated rings. The highest BCUT2D eigenvalue weighted by Gasteiger charge is 2.24. The topological polar surface area (TPSA) is 67.2 Å². The number of carbonyl (C=O) groups is 1. The third kappa shape index (κ3) is 5.40. The molecule has 0 saturated heterocycles. The van der Waals surface area contributed by atoms with Crippen LogP contribution in [0.2, 0.25) is 0 Å². The third-order valence-corrected chi connectivity index (χ3v) is 6.40. The molecule has 6 nitrogen and oxygen atoms in total. The molecule has 0 aliphatic carbocycles. The first kappa shape index (κ1) is 22.9. The molecule has 33 heavy (non-hydrogen) atoms. The van der Waals surface area contributed by atoms with Gasteiger partial charge in [0, 0.05) is 39.0 Å². The van der Waals surface area contributed by atoms with Crippen LogP contribution in [0.15, 0.2) is 53.3 Å². The maximum absolute atomic E-state index is 13.4. The van der Waals surface area contributed by atoms with Crippen LogP contribution in [0.25, 0.3) is 0 Å². The quantitative estimate of drug-likeness (QED) is 0.607. The Labute approximate surface area is 195 Å². The molecule has 2 heterocycles. The molecule has 4 rings (SSSR count). The van der Waals surface area contributed by atoms with Gasteiger partial charge in [0.1, 0.15) is 12.4 Å². The zero-order valence-electron chi connectivity index (χ0n) is 19.7. The van der Waals surface area contributed by atoms with E-state index >= 15 is 0 Å². The van der Waals surface area contributed by atoms with Gasteiger partial charge in [-0.05, 0) is 36.1 Å². The number of fused-ring (bicyclic) bond motifs is 1. The molecule has 1 N–H and O–H groups in total. The van der Waals surface area contributed by atoms with Crippen molar-refractivity contribution in [3.63, 3.8) is 0 Å². The molecule has 1 amide bonds. The van der Waals surface area contributed by atoms with E-state index in [9.17, 15) is 9.59 Å². The van der Waals surface area contributed by atoms with Gasteiger partial charge in [0.2, 0.25) is 5.91 Å². The van der Waals surface area contributed by atoms with E-state index in [4.69, 9.17) is 4.98 Å². The highest BCUT2D eigenvalue weighted by Crippen LogP contribution is 2.17. The smallest absolute Gasteiger partial charge is 0.258 e. The minimum absolute atomic E-state index is 0.00812. The van der Waals surface area contributed by atoms with Crippen LogP contribution in [0.1, 0.15) is 46.3 Å². The van der Waals surface area contributed by atoms with E-state index in [-0.39, 0.29) is 18.0 Å². The number of carbonyl (C=O) groups excluding carboxylic acids is 1. The summed E-state index contributed by atoms with van der Waals surface area (Å²) in [6.07, 6.45) is 1.37. The number of benzene rings is 2. The Morgan fingerprint density at radius 2 is 1.85 bits per heavy atom. The van der Waals surface area contributed by atoms with Crippen molar-refractivity contribution in [2.75, 3.05) is 6.54 Å². The molecule has 0 spiro atoms. The van der Waals surface area contributed by atoms with Gasteiger partial charge < -0.3 is 5.32 Å². The second kappa shape index (κ2) is 10.1. The Morgan fingerprint density at radius 1 is 1.06 bits per heavy atom. The lowest BCUT2D eigenvalue weighted by molar-refractivity contribution is -0.121. The Kier molecular flexibility index (Phi) is 7.04. The number of amides is 1. The molecule has 2 aromatic carbocycles. The van der Waals surface area contributed by atoms with Crippen molar-refractivity contribution in [2.45, 2.75) is 59.8 Å². The minimum atomic E-state index is -0.177. The van der Waals surface area contributed by atoms with Crippen molar-refractivity contribution >= 4 is 5.91 Å². The summed E-state index contributed by atoms with van der Waals surface area (Å²) < 4.78 is 1.56. The fourth-order valence-corrected chi connectivity index (χ4v) is 4.34. The summed E-state index contributed by atoms with van der Waals surface area (Å²) in [6, 6.07) is 16.4. The molecule has 0 atom stereocenters. The summed E-state index contributed by atoms with van der Waals surface area (Å²) in [6.45, 7) is 8.77. The van der Waals surface area contributed by atoms with Gasteiger partial charge in [-0.2, -0.15) is 0 Å². The van der Waals surface area contributed by atoms with Gasteiger partial charge in [-0.25, -0.2) is 4.98 Å². The summed E-state index contributed by atoms with van der Waals surface area (Å²) in [5.41, 5.74) is 6.22. The predicted octanol–water partition coefficient (Wildman–Crippen LogP) is 3.30. The first-order chi connectivity index (χ1) is 15.9. The fraction of sp³-hybridized carbons (Fsp3) is 0.370. The van der Waals surface area contributed by atoms with Crippen molar-refractivity contribution in [2.24, 2.45) is 0 Å². The Hall–Kier alpha value is -3.25. The van der Waals surface area contributed by atoms with E-state index in [0.29, 0.717) is 25.3 Å². The molecule has 1 aliphatic rings. The van der Waals surface area contributed by atoms with E-state index in [1.807, 2.05) is 31.2 Å². The maximum atomic E-state index is 13.4. The van der Waals surface area contributed by atoms with Gasteiger partial charge in [0.05, 0.1) is 11.3 Å². The van der Waals surface area contributed by atoms with Gasteiger partial charge in [0.25, 0.3) is 5.56 Å². The largest absolute Gasteiger partial charge is 0.350 e. The normalized spacial score (nSPS) is 13.5. The average molecular weight is 445 g/mol. The number of aryl methyl sites for hydroxylation is 3. The van der Waals surface area contributed by atoms with Crippen molar-refractivity contribution in [3.05, 3.63) is 98.2 Å². The number of hydrogen-bond donors (Lipinski definition) is 1. The number of aromatic nitrogens is 2. The lowest BCUT2D eigenvalue weighted by Gasteiger charge is -2.28. The SMILES string of the molecule is CCc1nc2c(c(=O)n1CC(=O)NCc1ccc(C)c(C)c1)CN(Cc1ccccc1)CC2. The molecule has 3 aromatic rings. The number of rotatable bonds is 7. The van der Waals surface area contributed by atoms with Gasteiger partial charge in [-0.3, -0.25) is 19.1 Å². The van der Waals surface area contributed by atoms with Gasteiger partial charge in [-0.1, -0.05) is 55.5 Å². The Balaban J connectivity index is 1.48. The molecule has 0 saturated carbocycles. The zero-order chi connectivity index (χ0) is 23.4. The summed E-state index contributed by atoms with van der Waals surface area (Å²) >= 11 is 0. The Morgan fingerprint density at radius 3 is 2.58 bits per heavy atom. The first-order valence-corrected chi connectivity index (χ1v) is 11.6. The van der Waals surface area contributed by atoms with Crippen molar-refractivity contribution in [1.29, 1.82) is 0 Å². The fourth-order valence-electron chi connectivity index (χ4n) is 4.34. The standard InChI is InChI=1S/C27H32N4O2/c1-4-25-29-24-12-13-30(16-21-8-6-5-7-9-21)17-23(24)27(33)31(25)18-26(32)28-15-22-11-10-19(2)20(3)14-22/h5-11,14H,4,12-13,15-18H2,1-3H3,(H,28,32). The molecular weight excluding hydrogens is 412 g/mol. The lowest BCUT2D eigenvalue weighted by Crippen LogP contribution is -2.41. The number of hydrogen-bond acceptors (Lipinski definition) is 4. The number of nitrogens with zero attached hydrogens (tertiary/aromatic N) is 3. The van der Waals surface area contributed by atoms with E-state index in [1.165, 1.54) is 16.7 Å². The molecule has 0 radical (unpaired) electrons. The van der Waals surface area contributed by atoms with Crippen LogP contribution in [0, 0.1) is 13.8 Å². The number of nitrogens with one attached hydrogen (secondary N) is 1. The van der Waals surface area contributed by atoms with E-state index in [1.54, 1.807) is 4.57 Å². The zero-order valence-corrected chi connectivity index (χ0v) is 19.7. The second-order valence-electron chi connectivity index (χ2n) is 8.84. The van der Waals surface area contributed by atoms with Gasteiger partial charge in [0.15, 0.2) is 0 Å². The van der Waals surface area contributed by atoms with Crippen LogP contribution in [-0.4, -0.2) is 26.9 Å². The van der Waals surface area contributed by atoms with E-state index in [0.717, 1.165) is 36.3 Å². The van der Waals surface area contributed by atoms with E-state index in [2.05, 4.69) is 48.3 Å². The average Bonchev–Trinajstić information content (AvgIpc) is 2.82. The van der Waals surface area contributed by atoms with Crippen LogP contribution in [-0.2, 0) is 43.8 Å². The predicted molar refractivity (Wildman–Crippen MR) is 130 cm³/mol. The van der Waals surface area contributed by atoms with Crippen LogP contribution in [0.3, 0.4) is 0 Å². The highest BCUT2D eigenvalue weighted by atomic mass is 16.2. The lowest BCUT2D eigenvalue weighted by atomic mass is 10.1. The molecular formula is C27H32N4O2. The van der Waals surface area contributed by atoms with Crippen molar-refractivity contribution in [3.8, 4) is 0 Å². The monoisotopic (exact) mass is 444 g/mol. The van der Waals surface area contributed by atoms with Gasteiger partial charge in [-0.15, -0.1) is 0 Å². The van der Waals surface area contributed by atoms with Crippen molar-refractivity contribution < 1.29 is 4.79 Å². The molecule has 1 aliphatic heterocycles. The molecule has 1 aromatic heterocycles. The maximum Gasteiger partial charge on any atom is 0.258 e. The minimum Gasteiger partial charge on any atom is -0.350 e. The Bertz CT molecular complexity index is 1200. The van der Waals surface area contributed by atoms with Crippen molar-refractivity contribution in [1.82, 2.24) is 19.8 Å².